The summed E-state index contributed by atoms with van der Waals surface area (Å²) in [6, 6.07) is 8.48. The van der Waals surface area contributed by atoms with Crippen LogP contribution in [0.4, 0.5) is 0 Å². The van der Waals surface area contributed by atoms with Crippen LogP contribution in [0, 0.1) is 0 Å². The Hall–Kier alpha value is -1.35. The molecule has 1 aromatic carbocycles. The van der Waals surface area contributed by atoms with Crippen molar-refractivity contribution < 1.29 is 9.90 Å². The first-order valence-corrected chi connectivity index (χ1v) is 7.53. The molecular formula is C17H27NO2. The van der Waals surface area contributed by atoms with Gasteiger partial charge in [0.1, 0.15) is 5.54 Å². The summed E-state index contributed by atoms with van der Waals surface area (Å²) in [7, 11) is 0. The first-order chi connectivity index (χ1) is 9.42. The third-order valence-electron chi connectivity index (χ3n) is 3.78. The van der Waals surface area contributed by atoms with Crippen molar-refractivity contribution in [3.05, 3.63) is 35.4 Å². The maximum Gasteiger partial charge on any atom is 0.323 e. The van der Waals surface area contributed by atoms with E-state index in [2.05, 4.69) is 36.5 Å². The summed E-state index contributed by atoms with van der Waals surface area (Å²) in [6.07, 6.45) is 3.70. The maximum absolute atomic E-state index is 11.5. The molecule has 0 aromatic heterocycles. The highest BCUT2D eigenvalue weighted by Crippen LogP contribution is 2.21. The van der Waals surface area contributed by atoms with E-state index in [0.717, 1.165) is 24.8 Å². The molecule has 0 radical (unpaired) electrons. The summed E-state index contributed by atoms with van der Waals surface area (Å²) in [5.74, 6) is -0.784. The molecule has 0 spiro atoms. The minimum Gasteiger partial charge on any atom is -0.480 e. The molecule has 3 heteroatoms. The number of hydrogen-bond acceptors (Lipinski definition) is 2. The summed E-state index contributed by atoms with van der Waals surface area (Å²) < 4.78 is 0. The van der Waals surface area contributed by atoms with Crippen LogP contribution in [0.25, 0.3) is 0 Å². The van der Waals surface area contributed by atoms with E-state index in [9.17, 15) is 9.90 Å². The lowest BCUT2D eigenvalue weighted by molar-refractivity contribution is -0.144. The molecule has 0 amide bonds. The van der Waals surface area contributed by atoms with E-state index in [4.69, 9.17) is 0 Å². The molecule has 3 nitrogen and oxygen atoms in total. The van der Waals surface area contributed by atoms with Gasteiger partial charge in [0.05, 0.1) is 0 Å². The number of hydrogen-bond donors (Lipinski definition) is 2. The van der Waals surface area contributed by atoms with Gasteiger partial charge in [-0.3, -0.25) is 10.1 Å². The van der Waals surface area contributed by atoms with E-state index in [1.165, 1.54) is 5.56 Å². The van der Waals surface area contributed by atoms with Gasteiger partial charge < -0.3 is 5.11 Å². The van der Waals surface area contributed by atoms with Crippen LogP contribution < -0.4 is 5.32 Å². The van der Waals surface area contributed by atoms with Crippen molar-refractivity contribution in [1.82, 2.24) is 5.32 Å². The molecule has 0 saturated carbocycles. The predicted octanol–water partition coefficient (Wildman–Crippen LogP) is 3.93. The molecule has 1 aromatic rings. The van der Waals surface area contributed by atoms with Gasteiger partial charge in [-0.05, 0) is 37.8 Å². The lowest BCUT2D eigenvalue weighted by atomic mass is 9.93. The number of aryl methyl sites for hydroxylation is 1. The molecule has 0 saturated heterocycles. The summed E-state index contributed by atoms with van der Waals surface area (Å²) in [5, 5.41) is 12.7. The van der Waals surface area contributed by atoms with Crippen molar-refractivity contribution in [1.29, 1.82) is 0 Å². The molecule has 0 heterocycles. The van der Waals surface area contributed by atoms with Crippen LogP contribution in [0.2, 0.25) is 0 Å². The van der Waals surface area contributed by atoms with Crippen LogP contribution in [0.3, 0.4) is 0 Å². The number of carbonyl (C=O) groups is 1. The smallest absolute Gasteiger partial charge is 0.323 e. The van der Waals surface area contributed by atoms with Gasteiger partial charge in [0, 0.05) is 6.04 Å². The number of nitrogens with one attached hydrogen (secondary N) is 1. The lowest BCUT2D eigenvalue weighted by Gasteiger charge is -2.30. The van der Waals surface area contributed by atoms with E-state index in [1.54, 1.807) is 6.92 Å². The summed E-state index contributed by atoms with van der Waals surface area (Å²) in [5.41, 5.74) is 1.60. The zero-order valence-corrected chi connectivity index (χ0v) is 13.1. The van der Waals surface area contributed by atoms with Crippen molar-refractivity contribution in [3.63, 3.8) is 0 Å². The Balaban J connectivity index is 2.78. The lowest BCUT2D eigenvalue weighted by Crippen LogP contribution is -2.50. The molecule has 2 N–H and O–H groups in total. The van der Waals surface area contributed by atoms with Gasteiger partial charge in [0.2, 0.25) is 0 Å². The molecule has 0 aliphatic heterocycles. The molecule has 0 fully saturated rings. The van der Waals surface area contributed by atoms with E-state index in [-0.39, 0.29) is 6.04 Å². The Morgan fingerprint density at radius 2 is 1.85 bits per heavy atom. The van der Waals surface area contributed by atoms with Crippen LogP contribution >= 0.6 is 0 Å². The largest absolute Gasteiger partial charge is 0.480 e. The van der Waals surface area contributed by atoms with Crippen molar-refractivity contribution in [2.75, 3.05) is 0 Å². The van der Waals surface area contributed by atoms with Crippen molar-refractivity contribution in [2.24, 2.45) is 0 Å². The van der Waals surface area contributed by atoms with Gasteiger partial charge in [-0.25, -0.2) is 0 Å². The summed E-state index contributed by atoms with van der Waals surface area (Å²) >= 11 is 0. The summed E-state index contributed by atoms with van der Waals surface area (Å²) in [4.78, 5) is 11.5. The van der Waals surface area contributed by atoms with E-state index >= 15 is 0 Å². The van der Waals surface area contributed by atoms with Gasteiger partial charge in [-0.2, -0.15) is 0 Å². The van der Waals surface area contributed by atoms with Crippen LogP contribution in [-0.2, 0) is 11.2 Å². The molecule has 0 aliphatic rings. The second-order valence-corrected chi connectivity index (χ2v) is 5.74. The standard InChI is InChI=1S/C17H27NO2/c1-5-7-14-8-10-15(11-9-14)13(3)18-17(4,12-6-2)16(19)20/h8-11,13,18H,5-7,12H2,1-4H3,(H,19,20). The molecule has 0 aliphatic carbocycles. The molecule has 112 valence electrons. The van der Waals surface area contributed by atoms with E-state index < -0.39 is 11.5 Å². The first-order valence-electron chi connectivity index (χ1n) is 7.53. The Morgan fingerprint density at radius 1 is 1.25 bits per heavy atom. The highest BCUT2D eigenvalue weighted by Gasteiger charge is 2.33. The van der Waals surface area contributed by atoms with Crippen molar-refractivity contribution in [3.8, 4) is 0 Å². The minimum absolute atomic E-state index is 0.0262. The van der Waals surface area contributed by atoms with Crippen LogP contribution in [0.1, 0.15) is 64.1 Å². The average molecular weight is 277 g/mol. The fraction of sp³-hybridized carbons (Fsp3) is 0.588. The van der Waals surface area contributed by atoms with Gasteiger partial charge in [-0.15, -0.1) is 0 Å². The predicted molar refractivity (Wildman–Crippen MR) is 82.9 cm³/mol. The molecule has 2 atom stereocenters. The summed E-state index contributed by atoms with van der Waals surface area (Å²) in [6.45, 7) is 7.96. The maximum atomic E-state index is 11.5. The molecule has 20 heavy (non-hydrogen) atoms. The first kappa shape index (κ1) is 16.7. The van der Waals surface area contributed by atoms with E-state index in [1.807, 2.05) is 13.8 Å². The number of rotatable bonds is 8. The number of carboxylic acids is 1. The highest BCUT2D eigenvalue weighted by atomic mass is 16.4. The number of benzene rings is 1. The SMILES string of the molecule is CCCc1ccc(C(C)NC(C)(CCC)C(=O)O)cc1. The van der Waals surface area contributed by atoms with Crippen LogP contribution in [-0.4, -0.2) is 16.6 Å². The fourth-order valence-electron chi connectivity index (χ4n) is 2.56. The average Bonchev–Trinajstić information content (AvgIpc) is 2.40. The second kappa shape index (κ2) is 7.44. The minimum atomic E-state index is -0.865. The van der Waals surface area contributed by atoms with E-state index in [0.29, 0.717) is 6.42 Å². The van der Waals surface area contributed by atoms with Crippen LogP contribution in [0.5, 0.6) is 0 Å². The molecule has 2 unspecified atom stereocenters. The van der Waals surface area contributed by atoms with Crippen molar-refractivity contribution in [2.45, 2.75) is 65.0 Å². The Morgan fingerprint density at radius 3 is 2.30 bits per heavy atom. The Bertz CT molecular complexity index is 427. The van der Waals surface area contributed by atoms with Gasteiger partial charge in [-0.1, -0.05) is 51.0 Å². The van der Waals surface area contributed by atoms with Crippen molar-refractivity contribution >= 4 is 5.97 Å². The third-order valence-corrected chi connectivity index (χ3v) is 3.78. The molecular weight excluding hydrogens is 250 g/mol. The quantitative estimate of drug-likeness (QED) is 0.757. The van der Waals surface area contributed by atoms with Gasteiger partial charge in [0.15, 0.2) is 0 Å². The normalized spacial score (nSPS) is 15.6. The van der Waals surface area contributed by atoms with Gasteiger partial charge >= 0.3 is 5.97 Å². The van der Waals surface area contributed by atoms with Gasteiger partial charge in [0.25, 0.3) is 0 Å². The fourth-order valence-corrected chi connectivity index (χ4v) is 2.56. The second-order valence-electron chi connectivity index (χ2n) is 5.74. The Kier molecular flexibility index (Phi) is 6.21. The number of carboxylic acid groups (broad SMARTS) is 1. The Labute approximate surface area is 122 Å². The highest BCUT2D eigenvalue weighted by molar-refractivity contribution is 5.78. The number of aliphatic carboxylic acids is 1. The van der Waals surface area contributed by atoms with Crippen LogP contribution in [0.15, 0.2) is 24.3 Å². The topological polar surface area (TPSA) is 49.3 Å². The molecule has 1 rings (SSSR count). The third kappa shape index (κ3) is 4.34. The zero-order chi connectivity index (χ0) is 15.2. The molecule has 0 bridgehead atoms. The monoisotopic (exact) mass is 277 g/mol. The zero-order valence-electron chi connectivity index (χ0n) is 13.1.